The third-order valence-electron chi connectivity index (χ3n) is 5.90. The molecule has 1 N–H and O–H groups in total. The first-order valence-electron chi connectivity index (χ1n) is 10.7. The summed E-state index contributed by atoms with van der Waals surface area (Å²) in [5, 5.41) is 2.91. The molecule has 1 atom stereocenters. The Hall–Kier alpha value is -2.38. The summed E-state index contributed by atoms with van der Waals surface area (Å²) < 4.78 is 26.3. The monoisotopic (exact) mass is 427 g/mol. The molecule has 0 saturated carbocycles. The van der Waals surface area contributed by atoms with E-state index in [9.17, 15) is 13.2 Å². The summed E-state index contributed by atoms with van der Waals surface area (Å²) >= 11 is 0. The predicted octanol–water partition coefficient (Wildman–Crippen LogP) is 3.39. The topological polar surface area (TPSA) is 69.7 Å². The molecule has 160 valence electrons. The van der Waals surface area contributed by atoms with Gasteiger partial charge in [0, 0.05) is 31.0 Å². The van der Waals surface area contributed by atoms with Gasteiger partial charge in [0.15, 0.2) is 0 Å². The average molecular weight is 428 g/mol. The number of sulfonamides is 1. The molecule has 0 bridgehead atoms. The summed E-state index contributed by atoms with van der Waals surface area (Å²) in [6, 6.07) is 15.7. The van der Waals surface area contributed by atoms with Gasteiger partial charge in [-0.05, 0) is 55.0 Å². The van der Waals surface area contributed by atoms with Crippen molar-refractivity contribution in [3.8, 4) is 0 Å². The largest absolute Gasteiger partial charge is 0.367 e. The zero-order valence-electron chi connectivity index (χ0n) is 17.4. The normalized spacial score (nSPS) is 19.1. The molecule has 1 amide bonds. The smallest absolute Gasteiger partial charge is 0.242 e. The van der Waals surface area contributed by atoms with E-state index in [1.165, 1.54) is 21.1 Å². The minimum absolute atomic E-state index is 0.0884. The fourth-order valence-electron chi connectivity index (χ4n) is 4.42. The van der Waals surface area contributed by atoms with Crippen LogP contribution < -0.4 is 10.2 Å². The summed E-state index contributed by atoms with van der Waals surface area (Å²) in [6.45, 7) is 4.11. The second kappa shape index (κ2) is 8.78. The summed E-state index contributed by atoms with van der Waals surface area (Å²) in [5.41, 5.74) is 4.56. The Morgan fingerprint density at radius 3 is 2.63 bits per heavy atom. The van der Waals surface area contributed by atoms with Crippen LogP contribution >= 0.6 is 0 Å². The maximum atomic E-state index is 12.8. The van der Waals surface area contributed by atoms with Crippen molar-refractivity contribution in [2.75, 3.05) is 29.1 Å². The molecule has 0 radical (unpaired) electrons. The highest BCUT2D eigenvalue weighted by Crippen LogP contribution is 2.29. The number of amides is 1. The number of carbonyl (C=O) groups excluding carboxylic acids is 1. The van der Waals surface area contributed by atoms with Gasteiger partial charge in [0.1, 0.15) is 6.04 Å². The lowest BCUT2D eigenvalue weighted by Crippen LogP contribution is -2.44. The van der Waals surface area contributed by atoms with Gasteiger partial charge in [-0.25, -0.2) is 8.42 Å². The fraction of sp³-hybridized carbons (Fsp3) is 0.435. The van der Waals surface area contributed by atoms with Crippen LogP contribution in [0.25, 0.3) is 0 Å². The third kappa shape index (κ3) is 4.37. The van der Waals surface area contributed by atoms with Gasteiger partial charge in [0.25, 0.3) is 0 Å². The number of para-hydroxylation sites is 1. The molecule has 0 aliphatic carbocycles. The molecule has 2 aromatic rings. The molecular weight excluding hydrogens is 398 g/mol. The van der Waals surface area contributed by atoms with Gasteiger partial charge < -0.3 is 10.2 Å². The minimum atomic E-state index is -3.37. The SMILES string of the molecule is CCCS(=O)(=O)N1CCCC1C(=O)Nc1ccc(CN2CCc3ccccc32)cc1. The van der Waals surface area contributed by atoms with E-state index < -0.39 is 16.1 Å². The number of fused-ring (bicyclic) bond motifs is 1. The predicted molar refractivity (Wildman–Crippen MR) is 120 cm³/mol. The molecule has 1 unspecified atom stereocenters. The number of anilines is 2. The molecular formula is C23H29N3O3S. The Kier molecular flexibility index (Phi) is 6.11. The molecule has 2 heterocycles. The van der Waals surface area contributed by atoms with Gasteiger partial charge in [-0.2, -0.15) is 4.31 Å². The van der Waals surface area contributed by atoms with Crippen molar-refractivity contribution in [1.82, 2.24) is 4.31 Å². The number of rotatable bonds is 7. The van der Waals surface area contributed by atoms with Gasteiger partial charge in [0.05, 0.1) is 5.75 Å². The Labute approximate surface area is 178 Å². The van der Waals surface area contributed by atoms with Crippen LogP contribution in [0.5, 0.6) is 0 Å². The van der Waals surface area contributed by atoms with Crippen LogP contribution in [-0.2, 0) is 27.8 Å². The Morgan fingerprint density at radius 2 is 1.87 bits per heavy atom. The molecule has 0 aromatic heterocycles. The first kappa shape index (κ1) is 20.9. The highest BCUT2D eigenvalue weighted by molar-refractivity contribution is 7.89. The van der Waals surface area contributed by atoms with Crippen molar-refractivity contribution in [2.45, 2.75) is 45.2 Å². The standard InChI is InChI=1S/C23H29N3O3S/c1-2-16-30(28,29)26-14-5-8-22(26)23(27)24-20-11-9-18(10-12-20)17-25-15-13-19-6-3-4-7-21(19)25/h3-4,6-7,9-12,22H,2,5,8,13-17H2,1H3,(H,24,27). The molecule has 1 fully saturated rings. The van der Waals surface area contributed by atoms with Crippen LogP contribution in [0.1, 0.15) is 37.3 Å². The van der Waals surface area contributed by atoms with E-state index >= 15 is 0 Å². The van der Waals surface area contributed by atoms with Crippen molar-refractivity contribution in [2.24, 2.45) is 0 Å². The highest BCUT2D eigenvalue weighted by atomic mass is 32.2. The molecule has 2 aliphatic heterocycles. The average Bonchev–Trinajstić information content (AvgIpc) is 3.38. The van der Waals surface area contributed by atoms with Crippen LogP contribution in [0.3, 0.4) is 0 Å². The number of benzene rings is 2. The number of nitrogens with zero attached hydrogens (tertiary/aromatic N) is 2. The minimum Gasteiger partial charge on any atom is -0.367 e. The molecule has 2 aliphatic rings. The molecule has 2 aromatic carbocycles. The summed E-state index contributed by atoms with van der Waals surface area (Å²) in [4.78, 5) is 15.1. The van der Waals surface area contributed by atoms with Crippen molar-refractivity contribution in [3.05, 3.63) is 59.7 Å². The Bertz CT molecular complexity index is 1000. The second-order valence-electron chi connectivity index (χ2n) is 8.07. The maximum absolute atomic E-state index is 12.8. The number of hydrogen-bond donors (Lipinski definition) is 1. The van der Waals surface area contributed by atoms with E-state index in [1.54, 1.807) is 0 Å². The van der Waals surface area contributed by atoms with E-state index in [0.29, 0.717) is 25.1 Å². The summed E-state index contributed by atoms with van der Waals surface area (Å²) in [7, 11) is -3.37. The summed E-state index contributed by atoms with van der Waals surface area (Å²) in [5.74, 6) is -0.154. The van der Waals surface area contributed by atoms with E-state index in [0.717, 1.165) is 25.9 Å². The van der Waals surface area contributed by atoms with Crippen LogP contribution in [0.15, 0.2) is 48.5 Å². The third-order valence-corrected chi connectivity index (χ3v) is 7.98. The molecule has 6 nitrogen and oxygen atoms in total. The number of hydrogen-bond acceptors (Lipinski definition) is 4. The van der Waals surface area contributed by atoms with E-state index in [2.05, 4.69) is 34.5 Å². The van der Waals surface area contributed by atoms with Gasteiger partial charge in [-0.15, -0.1) is 0 Å². The van der Waals surface area contributed by atoms with Crippen molar-refractivity contribution >= 4 is 27.3 Å². The van der Waals surface area contributed by atoms with Gasteiger partial charge in [-0.3, -0.25) is 4.79 Å². The zero-order valence-corrected chi connectivity index (χ0v) is 18.2. The number of carbonyl (C=O) groups is 1. The highest BCUT2D eigenvalue weighted by Gasteiger charge is 2.38. The molecule has 30 heavy (non-hydrogen) atoms. The van der Waals surface area contributed by atoms with Gasteiger partial charge in [0.2, 0.25) is 15.9 Å². The van der Waals surface area contributed by atoms with E-state index in [4.69, 9.17) is 0 Å². The zero-order chi connectivity index (χ0) is 21.1. The lowest BCUT2D eigenvalue weighted by Gasteiger charge is -2.23. The molecule has 1 saturated heterocycles. The van der Waals surface area contributed by atoms with Crippen LogP contribution in [0, 0.1) is 0 Å². The first-order valence-corrected chi connectivity index (χ1v) is 12.3. The van der Waals surface area contributed by atoms with E-state index in [1.807, 2.05) is 31.2 Å². The van der Waals surface area contributed by atoms with Gasteiger partial charge >= 0.3 is 0 Å². The van der Waals surface area contributed by atoms with Crippen molar-refractivity contribution < 1.29 is 13.2 Å². The lowest BCUT2D eigenvalue weighted by molar-refractivity contribution is -0.119. The quantitative estimate of drug-likeness (QED) is 0.735. The maximum Gasteiger partial charge on any atom is 0.242 e. The van der Waals surface area contributed by atoms with Crippen molar-refractivity contribution in [3.63, 3.8) is 0 Å². The Balaban J connectivity index is 1.38. The molecule has 0 spiro atoms. The van der Waals surface area contributed by atoms with Crippen LogP contribution in [-0.4, -0.2) is 43.5 Å². The van der Waals surface area contributed by atoms with Crippen LogP contribution in [0.4, 0.5) is 11.4 Å². The fourth-order valence-corrected chi connectivity index (χ4v) is 6.17. The lowest BCUT2D eigenvalue weighted by atomic mass is 10.1. The van der Waals surface area contributed by atoms with E-state index in [-0.39, 0.29) is 11.7 Å². The van der Waals surface area contributed by atoms with Crippen molar-refractivity contribution in [1.29, 1.82) is 0 Å². The second-order valence-corrected chi connectivity index (χ2v) is 10.1. The Morgan fingerprint density at radius 1 is 1.10 bits per heavy atom. The molecule has 4 rings (SSSR count). The first-order chi connectivity index (χ1) is 14.5. The number of nitrogens with one attached hydrogen (secondary N) is 1. The van der Waals surface area contributed by atoms with Gasteiger partial charge in [-0.1, -0.05) is 37.3 Å². The van der Waals surface area contributed by atoms with Crippen LogP contribution in [0.2, 0.25) is 0 Å². The summed E-state index contributed by atoms with van der Waals surface area (Å²) in [6.07, 6.45) is 2.91. The molecule has 7 heteroatoms.